The fourth-order valence-electron chi connectivity index (χ4n) is 1.78. The second kappa shape index (κ2) is 9.15. The molecule has 0 saturated carbocycles. The number of benzene rings is 1. The summed E-state index contributed by atoms with van der Waals surface area (Å²) in [5.74, 6) is 0.850. The zero-order valence-corrected chi connectivity index (χ0v) is 12.7. The van der Waals surface area contributed by atoms with Crippen LogP contribution in [0.1, 0.15) is 17.7 Å². The molecule has 1 aromatic heterocycles. The Balaban J connectivity index is 1.47. The third-order valence-electron chi connectivity index (χ3n) is 2.87. The summed E-state index contributed by atoms with van der Waals surface area (Å²) in [6.07, 6.45) is 2.55. The molecule has 0 radical (unpaired) electrons. The first-order chi connectivity index (χ1) is 10.3. The Morgan fingerprint density at radius 3 is 2.71 bits per heavy atom. The summed E-state index contributed by atoms with van der Waals surface area (Å²) in [6, 6.07) is 13.9. The number of ether oxygens (including phenoxy) is 1. The zero-order valence-electron chi connectivity index (χ0n) is 11.9. The number of hydrogen-bond donors (Lipinski definition) is 2. The minimum atomic E-state index is 0.518. The van der Waals surface area contributed by atoms with Crippen LogP contribution in [0.15, 0.2) is 53.1 Å². The molecule has 4 nitrogen and oxygen atoms in total. The monoisotopic (exact) mass is 304 g/mol. The fourth-order valence-corrected chi connectivity index (χ4v) is 1.96. The van der Waals surface area contributed by atoms with Crippen molar-refractivity contribution in [3.8, 4) is 0 Å². The molecular formula is C16H20N2O2S. The lowest BCUT2D eigenvalue weighted by atomic mass is 10.2. The molecule has 1 heterocycles. The second-order valence-corrected chi connectivity index (χ2v) is 4.99. The van der Waals surface area contributed by atoms with Gasteiger partial charge in [-0.1, -0.05) is 30.3 Å². The van der Waals surface area contributed by atoms with Crippen molar-refractivity contribution in [1.82, 2.24) is 10.6 Å². The van der Waals surface area contributed by atoms with Crippen LogP contribution in [0.4, 0.5) is 0 Å². The minimum absolute atomic E-state index is 0.518. The summed E-state index contributed by atoms with van der Waals surface area (Å²) in [7, 11) is 0. The van der Waals surface area contributed by atoms with Crippen molar-refractivity contribution in [2.45, 2.75) is 19.6 Å². The van der Waals surface area contributed by atoms with Crippen LogP contribution in [-0.2, 0) is 17.9 Å². The van der Waals surface area contributed by atoms with Crippen LogP contribution in [0.2, 0.25) is 0 Å². The van der Waals surface area contributed by atoms with Crippen LogP contribution >= 0.6 is 12.2 Å². The largest absolute Gasteiger partial charge is 0.467 e. The standard InChI is InChI=1S/C16H20N2O2S/c21-16(18-12-14-6-2-1-3-7-14)17-9-5-10-19-13-15-8-4-11-20-15/h1-4,6-8,11H,5,9-10,12-13H2,(H2,17,18,21). The third-order valence-corrected chi connectivity index (χ3v) is 3.16. The van der Waals surface area contributed by atoms with E-state index in [0.29, 0.717) is 18.3 Å². The van der Waals surface area contributed by atoms with Crippen molar-refractivity contribution in [2.75, 3.05) is 13.2 Å². The number of nitrogens with one attached hydrogen (secondary N) is 2. The van der Waals surface area contributed by atoms with Gasteiger partial charge in [0.05, 0.1) is 6.26 Å². The van der Waals surface area contributed by atoms with Gasteiger partial charge >= 0.3 is 0 Å². The Kier molecular flexibility index (Phi) is 6.77. The van der Waals surface area contributed by atoms with Gasteiger partial charge in [-0.2, -0.15) is 0 Å². The molecule has 0 amide bonds. The Morgan fingerprint density at radius 1 is 1.10 bits per heavy atom. The molecule has 0 saturated heterocycles. The van der Waals surface area contributed by atoms with Gasteiger partial charge in [0.25, 0.3) is 0 Å². The van der Waals surface area contributed by atoms with Crippen LogP contribution in [0.3, 0.4) is 0 Å². The van der Waals surface area contributed by atoms with E-state index in [1.807, 2.05) is 30.3 Å². The van der Waals surface area contributed by atoms with Crippen molar-refractivity contribution in [2.24, 2.45) is 0 Å². The van der Waals surface area contributed by atoms with Crippen LogP contribution in [0, 0.1) is 0 Å². The van der Waals surface area contributed by atoms with E-state index in [4.69, 9.17) is 21.4 Å². The molecular weight excluding hydrogens is 284 g/mol. The van der Waals surface area contributed by atoms with E-state index in [2.05, 4.69) is 22.8 Å². The first-order valence-electron chi connectivity index (χ1n) is 7.00. The summed E-state index contributed by atoms with van der Waals surface area (Å²) < 4.78 is 10.7. The lowest BCUT2D eigenvalue weighted by Gasteiger charge is -2.10. The highest BCUT2D eigenvalue weighted by Crippen LogP contribution is 2.01. The number of hydrogen-bond acceptors (Lipinski definition) is 3. The highest BCUT2D eigenvalue weighted by Gasteiger charge is 1.97. The maximum absolute atomic E-state index is 5.49. The molecule has 0 aliphatic rings. The van der Waals surface area contributed by atoms with Gasteiger partial charge in [0.2, 0.25) is 0 Å². The summed E-state index contributed by atoms with van der Waals surface area (Å²) in [6.45, 7) is 2.72. The van der Waals surface area contributed by atoms with E-state index in [1.165, 1.54) is 5.56 Å². The van der Waals surface area contributed by atoms with Gasteiger partial charge in [-0.25, -0.2) is 0 Å². The quantitative estimate of drug-likeness (QED) is 0.580. The summed E-state index contributed by atoms with van der Waals surface area (Å²) >= 11 is 5.22. The van der Waals surface area contributed by atoms with Gasteiger partial charge in [-0.15, -0.1) is 0 Å². The normalized spacial score (nSPS) is 10.3. The first kappa shape index (κ1) is 15.5. The molecule has 0 aliphatic carbocycles. The van der Waals surface area contributed by atoms with Crippen molar-refractivity contribution in [3.63, 3.8) is 0 Å². The van der Waals surface area contributed by atoms with E-state index in [0.717, 1.165) is 25.3 Å². The molecule has 0 atom stereocenters. The highest BCUT2D eigenvalue weighted by molar-refractivity contribution is 7.80. The molecule has 112 valence electrons. The highest BCUT2D eigenvalue weighted by atomic mass is 32.1. The molecule has 0 unspecified atom stereocenters. The predicted octanol–water partition coefficient (Wildman–Crippen LogP) is 2.85. The van der Waals surface area contributed by atoms with Gasteiger partial charge in [-0.3, -0.25) is 0 Å². The topological polar surface area (TPSA) is 46.4 Å². The van der Waals surface area contributed by atoms with Crippen molar-refractivity contribution in [3.05, 3.63) is 60.1 Å². The predicted molar refractivity (Wildman–Crippen MR) is 86.9 cm³/mol. The second-order valence-electron chi connectivity index (χ2n) is 4.58. The smallest absolute Gasteiger partial charge is 0.166 e. The lowest BCUT2D eigenvalue weighted by molar-refractivity contribution is 0.105. The van der Waals surface area contributed by atoms with Crippen LogP contribution in [-0.4, -0.2) is 18.3 Å². The summed E-state index contributed by atoms with van der Waals surface area (Å²) in [4.78, 5) is 0. The molecule has 0 aliphatic heterocycles. The summed E-state index contributed by atoms with van der Waals surface area (Å²) in [5, 5.41) is 7.01. The molecule has 21 heavy (non-hydrogen) atoms. The number of rotatable bonds is 8. The van der Waals surface area contributed by atoms with E-state index >= 15 is 0 Å². The SMILES string of the molecule is S=C(NCCCOCc1ccco1)NCc1ccccc1. The third kappa shape index (κ3) is 6.42. The Hall–Kier alpha value is -1.85. The van der Waals surface area contributed by atoms with Crippen molar-refractivity contribution >= 4 is 17.3 Å². The lowest BCUT2D eigenvalue weighted by Crippen LogP contribution is -2.35. The average Bonchev–Trinajstić information content (AvgIpc) is 3.03. The van der Waals surface area contributed by atoms with Gasteiger partial charge in [0, 0.05) is 19.7 Å². The van der Waals surface area contributed by atoms with Crippen LogP contribution < -0.4 is 10.6 Å². The molecule has 1 aromatic carbocycles. The molecule has 5 heteroatoms. The summed E-state index contributed by atoms with van der Waals surface area (Å²) in [5.41, 5.74) is 1.21. The minimum Gasteiger partial charge on any atom is -0.467 e. The average molecular weight is 304 g/mol. The Bertz CT molecular complexity index is 514. The van der Waals surface area contributed by atoms with Gasteiger partial charge in [-0.05, 0) is 36.3 Å². The van der Waals surface area contributed by atoms with E-state index < -0.39 is 0 Å². The zero-order chi connectivity index (χ0) is 14.8. The maximum atomic E-state index is 5.49. The number of furan rings is 1. The first-order valence-corrected chi connectivity index (χ1v) is 7.41. The molecule has 2 aromatic rings. The van der Waals surface area contributed by atoms with Gasteiger partial charge in [0.15, 0.2) is 5.11 Å². The van der Waals surface area contributed by atoms with Crippen LogP contribution in [0.5, 0.6) is 0 Å². The van der Waals surface area contributed by atoms with E-state index in [1.54, 1.807) is 6.26 Å². The molecule has 2 rings (SSSR count). The molecule has 0 fully saturated rings. The maximum Gasteiger partial charge on any atom is 0.166 e. The van der Waals surface area contributed by atoms with Gasteiger partial charge < -0.3 is 19.8 Å². The molecule has 2 N–H and O–H groups in total. The number of thiocarbonyl (C=S) groups is 1. The Morgan fingerprint density at radius 2 is 1.95 bits per heavy atom. The molecule has 0 spiro atoms. The van der Waals surface area contributed by atoms with Crippen molar-refractivity contribution in [1.29, 1.82) is 0 Å². The Labute approximate surface area is 130 Å². The fraction of sp³-hybridized carbons (Fsp3) is 0.312. The van der Waals surface area contributed by atoms with E-state index in [9.17, 15) is 0 Å². The molecule has 0 bridgehead atoms. The van der Waals surface area contributed by atoms with Gasteiger partial charge in [0.1, 0.15) is 12.4 Å². The van der Waals surface area contributed by atoms with Crippen molar-refractivity contribution < 1.29 is 9.15 Å². The van der Waals surface area contributed by atoms with E-state index in [-0.39, 0.29) is 0 Å². The van der Waals surface area contributed by atoms with Crippen LogP contribution in [0.25, 0.3) is 0 Å².